The Bertz CT molecular complexity index is 858. The lowest BCUT2D eigenvalue weighted by Crippen LogP contribution is -2.46. The lowest BCUT2D eigenvalue weighted by molar-refractivity contribution is -0.124. The fourth-order valence-electron chi connectivity index (χ4n) is 5.96. The average Bonchev–Trinajstić information content (AvgIpc) is 3.09. The van der Waals surface area contributed by atoms with Crippen LogP contribution in [0.25, 0.3) is 0 Å². The van der Waals surface area contributed by atoms with Crippen LogP contribution in [0.1, 0.15) is 187 Å². The third-order valence-corrected chi connectivity index (χ3v) is 10.1. The minimum absolute atomic E-state index is 0.0458. The number of aliphatic hydroxyl groups excluding tert-OH is 2. The number of phosphoric ester groups is 1. The molecule has 0 aromatic heterocycles. The Hall–Kier alpha value is -1.06. The average molecular weight is 731 g/mol. The van der Waals surface area contributed by atoms with E-state index in [4.69, 9.17) is 14.8 Å². The van der Waals surface area contributed by atoms with Crippen LogP contribution in [0, 0.1) is 0 Å². The molecular formula is C40H79N2O7P. The van der Waals surface area contributed by atoms with Crippen molar-refractivity contribution in [2.45, 2.75) is 205 Å². The number of carbonyl (C=O) groups is 1. The van der Waals surface area contributed by atoms with E-state index in [1.165, 1.54) is 122 Å². The third-order valence-electron chi connectivity index (χ3n) is 9.08. The molecule has 0 fully saturated rings. The standard InChI is InChI=1S/C40H79N2O7P/c1-3-5-7-9-11-13-15-17-18-19-20-21-23-25-27-29-31-37(43)35-40(45)42-38(36-49-50(46,47)48-34-33-41)39(44)32-30-28-26-24-22-16-14-12-10-8-6-4-2/h22,24,30,32,37-39,43-44H,3-21,23,25-29,31,33-36,41H2,1-2H3,(H,42,45)(H,46,47)/b24-22+,32-30+. The molecule has 0 rings (SSSR count). The number of unbranched alkanes of at least 4 members (excludes halogenated alkanes) is 22. The number of hydrogen-bond donors (Lipinski definition) is 5. The molecular weight excluding hydrogens is 651 g/mol. The van der Waals surface area contributed by atoms with Crippen LogP contribution in [0.15, 0.2) is 24.3 Å². The largest absolute Gasteiger partial charge is 0.472 e. The summed E-state index contributed by atoms with van der Waals surface area (Å²) in [5.41, 5.74) is 5.35. The summed E-state index contributed by atoms with van der Waals surface area (Å²) in [7, 11) is -4.40. The van der Waals surface area contributed by atoms with E-state index in [2.05, 4.69) is 31.3 Å². The van der Waals surface area contributed by atoms with Gasteiger partial charge in [-0.1, -0.05) is 173 Å². The van der Waals surface area contributed by atoms with Crippen molar-refractivity contribution < 1.29 is 33.5 Å². The van der Waals surface area contributed by atoms with Crippen LogP contribution in [0.5, 0.6) is 0 Å². The Morgan fingerprint density at radius 2 is 1.14 bits per heavy atom. The van der Waals surface area contributed by atoms with Crippen molar-refractivity contribution in [2.75, 3.05) is 19.8 Å². The molecule has 4 unspecified atom stereocenters. The number of rotatable bonds is 38. The molecule has 0 radical (unpaired) electrons. The van der Waals surface area contributed by atoms with Crippen molar-refractivity contribution in [3.63, 3.8) is 0 Å². The number of phosphoric acid groups is 1. The maximum Gasteiger partial charge on any atom is 0.472 e. The van der Waals surface area contributed by atoms with Gasteiger partial charge in [0, 0.05) is 6.54 Å². The van der Waals surface area contributed by atoms with Gasteiger partial charge in [-0.05, 0) is 32.1 Å². The van der Waals surface area contributed by atoms with E-state index in [-0.39, 0.29) is 19.6 Å². The van der Waals surface area contributed by atoms with Crippen LogP contribution < -0.4 is 11.1 Å². The van der Waals surface area contributed by atoms with E-state index in [0.29, 0.717) is 12.8 Å². The number of carbonyl (C=O) groups excluding carboxylic acids is 1. The molecule has 50 heavy (non-hydrogen) atoms. The van der Waals surface area contributed by atoms with Gasteiger partial charge in [-0.25, -0.2) is 4.57 Å². The van der Waals surface area contributed by atoms with E-state index < -0.39 is 38.6 Å². The predicted octanol–water partition coefficient (Wildman–Crippen LogP) is 9.97. The number of nitrogens with two attached hydrogens (primary N) is 1. The summed E-state index contributed by atoms with van der Waals surface area (Å²) in [5, 5.41) is 23.9. The van der Waals surface area contributed by atoms with Gasteiger partial charge in [0.05, 0.1) is 37.9 Å². The quantitative estimate of drug-likeness (QED) is 0.0239. The van der Waals surface area contributed by atoms with Crippen molar-refractivity contribution in [1.82, 2.24) is 5.32 Å². The van der Waals surface area contributed by atoms with Gasteiger partial charge in [0.2, 0.25) is 5.91 Å². The topological polar surface area (TPSA) is 151 Å². The fraction of sp³-hybridized carbons (Fsp3) is 0.875. The van der Waals surface area contributed by atoms with Crippen molar-refractivity contribution in [1.29, 1.82) is 0 Å². The maximum atomic E-state index is 12.8. The smallest absolute Gasteiger partial charge is 0.393 e. The van der Waals surface area contributed by atoms with E-state index in [1.54, 1.807) is 6.08 Å². The Labute approximate surface area is 307 Å². The summed E-state index contributed by atoms with van der Waals surface area (Å²) in [5.74, 6) is -0.455. The molecule has 10 heteroatoms. The molecule has 0 spiro atoms. The molecule has 1 amide bonds. The number of nitrogens with one attached hydrogen (secondary N) is 1. The van der Waals surface area contributed by atoms with Gasteiger partial charge in [-0.15, -0.1) is 0 Å². The molecule has 0 aromatic carbocycles. The minimum atomic E-state index is -4.40. The highest BCUT2D eigenvalue weighted by molar-refractivity contribution is 7.47. The minimum Gasteiger partial charge on any atom is -0.393 e. The van der Waals surface area contributed by atoms with E-state index in [0.717, 1.165) is 32.1 Å². The van der Waals surface area contributed by atoms with Crippen LogP contribution in [-0.4, -0.2) is 59.0 Å². The molecule has 0 aromatic rings. The molecule has 0 aliphatic carbocycles. The first-order valence-corrected chi connectivity index (χ1v) is 22.0. The van der Waals surface area contributed by atoms with Crippen LogP contribution in [-0.2, 0) is 18.4 Å². The van der Waals surface area contributed by atoms with E-state index in [9.17, 15) is 24.5 Å². The molecule has 6 N–H and O–H groups in total. The molecule has 0 aliphatic heterocycles. The maximum absolute atomic E-state index is 12.8. The lowest BCUT2D eigenvalue weighted by atomic mass is 10.0. The molecule has 296 valence electrons. The molecule has 0 bridgehead atoms. The number of aliphatic hydroxyl groups is 2. The number of hydrogen-bond acceptors (Lipinski definition) is 7. The van der Waals surface area contributed by atoms with Gasteiger partial charge in [-0.2, -0.15) is 0 Å². The van der Waals surface area contributed by atoms with Gasteiger partial charge in [0.1, 0.15) is 0 Å². The van der Waals surface area contributed by atoms with Crippen molar-refractivity contribution in [3.8, 4) is 0 Å². The van der Waals surface area contributed by atoms with Crippen molar-refractivity contribution in [2.24, 2.45) is 5.73 Å². The monoisotopic (exact) mass is 731 g/mol. The number of allylic oxidation sites excluding steroid dienone is 3. The Morgan fingerprint density at radius 1 is 0.680 bits per heavy atom. The highest BCUT2D eigenvalue weighted by atomic mass is 31.2. The third kappa shape index (κ3) is 34.0. The Morgan fingerprint density at radius 3 is 1.66 bits per heavy atom. The second-order valence-electron chi connectivity index (χ2n) is 14.0. The number of amides is 1. The van der Waals surface area contributed by atoms with Gasteiger partial charge in [-0.3, -0.25) is 13.8 Å². The molecule has 4 atom stereocenters. The zero-order valence-corrected chi connectivity index (χ0v) is 33.1. The Balaban J connectivity index is 4.36. The first-order chi connectivity index (χ1) is 24.3. The van der Waals surface area contributed by atoms with E-state index in [1.807, 2.05) is 6.08 Å². The SMILES string of the molecule is CCCCCCCC/C=C/CC/C=C/C(O)C(COP(=O)(O)OCCN)NC(=O)CC(O)CCCCCCCCCCCCCCCCCC. The van der Waals surface area contributed by atoms with Gasteiger partial charge in [0.25, 0.3) is 0 Å². The van der Waals surface area contributed by atoms with Crippen molar-refractivity contribution >= 4 is 13.7 Å². The first kappa shape index (κ1) is 48.9. The second-order valence-corrected chi connectivity index (χ2v) is 15.5. The highest BCUT2D eigenvalue weighted by Crippen LogP contribution is 2.43. The fourth-order valence-corrected chi connectivity index (χ4v) is 6.72. The van der Waals surface area contributed by atoms with Gasteiger partial charge < -0.3 is 26.2 Å². The normalized spacial score (nSPS) is 15.1. The summed E-state index contributed by atoms with van der Waals surface area (Å²) in [6.07, 6.45) is 36.9. The van der Waals surface area contributed by atoms with Crippen LogP contribution >= 0.6 is 7.82 Å². The van der Waals surface area contributed by atoms with Crippen molar-refractivity contribution in [3.05, 3.63) is 24.3 Å². The molecule has 0 saturated heterocycles. The summed E-state index contributed by atoms with van der Waals surface area (Å²) >= 11 is 0. The van der Waals surface area contributed by atoms with Crippen LogP contribution in [0.4, 0.5) is 0 Å². The van der Waals surface area contributed by atoms with E-state index >= 15 is 0 Å². The van der Waals surface area contributed by atoms with Gasteiger partial charge >= 0.3 is 7.82 Å². The molecule has 0 saturated carbocycles. The zero-order chi connectivity index (χ0) is 37.0. The molecule has 9 nitrogen and oxygen atoms in total. The highest BCUT2D eigenvalue weighted by Gasteiger charge is 2.27. The van der Waals surface area contributed by atoms with Crippen LogP contribution in [0.2, 0.25) is 0 Å². The second kappa shape index (κ2) is 36.3. The predicted molar refractivity (Wildman–Crippen MR) is 209 cm³/mol. The molecule has 0 heterocycles. The molecule has 0 aliphatic rings. The summed E-state index contributed by atoms with van der Waals surface area (Å²) < 4.78 is 22.0. The van der Waals surface area contributed by atoms with Gasteiger partial charge in [0.15, 0.2) is 0 Å². The zero-order valence-electron chi connectivity index (χ0n) is 32.3. The summed E-state index contributed by atoms with van der Waals surface area (Å²) in [6.45, 7) is 3.93. The van der Waals surface area contributed by atoms with Crippen LogP contribution in [0.3, 0.4) is 0 Å². The summed E-state index contributed by atoms with van der Waals surface area (Å²) in [4.78, 5) is 22.7. The lowest BCUT2D eigenvalue weighted by Gasteiger charge is -2.24. The summed E-state index contributed by atoms with van der Waals surface area (Å²) in [6, 6.07) is -0.994. The first-order valence-electron chi connectivity index (χ1n) is 20.5. The Kier molecular flexibility index (Phi) is 35.5.